The van der Waals surface area contributed by atoms with Crippen molar-refractivity contribution in [3.8, 4) is 0 Å². The van der Waals surface area contributed by atoms with Gasteiger partial charge in [-0.2, -0.15) is 0 Å². The van der Waals surface area contributed by atoms with E-state index in [4.69, 9.17) is 15.0 Å². The number of aliphatic imine (C=N–C) groups is 1. The number of hydrogen-bond acceptors (Lipinski definition) is 5. The fourth-order valence-electron chi connectivity index (χ4n) is 3.94. The molecule has 5 heteroatoms. The molecule has 5 rings (SSSR count). The summed E-state index contributed by atoms with van der Waals surface area (Å²) in [6.07, 6.45) is 7.09. The Bertz CT molecular complexity index is 841. The predicted molar refractivity (Wildman–Crippen MR) is 106 cm³/mol. The van der Waals surface area contributed by atoms with Gasteiger partial charge in [0.1, 0.15) is 11.6 Å². The maximum atomic E-state index is 5.00. The molecule has 0 spiro atoms. The first kappa shape index (κ1) is 16.2. The average Bonchev–Trinajstić information content (AvgIpc) is 3.42. The van der Waals surface area contributed by atoms with E-state index in [0.717, 1.165) is 61.3 Å². The number of benzene rings is 1. The molecule has 3 aliphatic rings. The Hall–Kier alpha value is -2.01. The summed E-state index contributed by atoms with van der Waals surface area (Å²) in [6, 6.07) is 7.62. The molecule has 5 nitrogen and oxygen atoms in total. The van der Waals surface area contributed by atoms with Crippen molar-refractivity contribution in [2.24, 2.45) is 4.99 Å². The van der Waals surface area contributed by atoms with Crippen LogP contribution in [0.15, 0.2) is 23.2 Å². The molecule has 2 N–H and O–H groups in total. The van der Waals surface area contributed by atoms with Crippen LogP contribution in [0, 0.1) is 6.92 Å². The van der Waals surface area contributed by atoms with E-state index in [0.29, 0.717) is 18.0 Å². The SMILES string of the molecule is Cc1ccc2nc(C3CCC(=NC4CC4)CC3)nc(NC3CNC3)c2c1. The minimum atomic E-state index is 0.457. The summed E-state index contributed by atoms with van der Waals surface area (Å²) < 4.78 is 0. The van der Waals surface area contributed by atoms with Gasteiger partial charge >= 0.3 is 0 Å². The number of hydrogen-bond donors (Lipinski definition) is 2. The van der Waals surface area contributed by atoms with Crippen LogP contribution in [-0.4, -0.2) is 40.9 Å². The van der Waals surface area contributed by atoms with Gasteiger partial charge in [-0.15, -0.1) is 0 Å². The maximum Gasteiger partial charge on any atom is 0.137 e. The van der Waals surface area contributed by atoms with Gasteiger partial charge in [-0.3, -0.25) is 4.99 Å². The summed E-state index contributed by atoms with van der Waals surface area (Å²) in [5, 5.41) is 8.10. The number of rotatable bonds is 4. The van der Waals surface area contributed by atoms with Gasteiger partial charge in [0.2, 0.25) is 0 Å². The Morgan fingerprint density at radius 2 is 1.88 bits per heavy atom. The smallest absolute Gasteiger partial charge is 0.137 e. The van der Waals surface area contributed by atoms with Crippen molar-refractivity contribution in [2.75, 3.05) is 18.4 Å². The van der Waals surface area contributed by atoms with Gasteiger partial charge in [0.05, 0.1) is 17.6 Å². The topological polar surface area (TPSA) is 62.2 Å². The van der Waals surface area contributed by atoms with Gasteiger partial charge in [0, 0.05) is 30.1 Å². The second-order valence-electron chi connectivity index (χ2n) is 8.15. The minimum Gasteiger partial charge on any atom is -0.364 e. The second-order valence-corrected chi connectivity index (χ2v) is 8.15. The Morgan fingerprint density at radius 1 is 1.08 bits per heavy atom. The first-order valence-corrected chi connectivity index (χ1v) is 10.1. The largest absolute Gasteiger partial charge is 0.364 e. The van der Waals surface area contributed by atoms with Crippen molar-refractivity contribution in [2.45, 2.75) is 63.5 Å². The standard InChI is InChI=1S/C21H27N5/c1-13-2-9-19-18(10-13)21(24-17-11-22-12-17)26-20(25-19)14-3-5-15(6-4-14)23-16-7-8-16/h2,9-10,14,16-17,22H,3-8,11-12H2,1H3,(H,24,25,26). The van der Waals surface area contributed by atoms with E-state index in [1.165, 1.54) is 24.1 Å². The molecular weight excluding hydrogens is 322 g/mol. The minimum absolute atomic E-state index is 0.457. The molecule has 2 saturated carbocycles. The van der Waals surface area contributed by atoms with E-state index in [9.17, 15) is 0 Å². The Labute approximate surface area is 154 Å². The molecular formula is C21H27N5. The number of fused-ring (bicyclic) bond motifs is 1. The molecule has 1 aromatic carbocycles. The molecule has 0 atom stereocenters. The fourth-order valence-corrected chi connectivity index (χ4v) is 3.94. The summed E-state index contributed by atoms with van der Waals surface area (Å²) in [4.78, 5) is 14.8. The monoisotopic (exact) mass is 349 g/mol. The van der Waals surface area contributed by atoms with E-state index in [2.05, 4.69) is 35.8 Å². The van der Waals surface area contributed by atoms with Crippen LogP contribution < -0.4 is 10.6 Å². The molecule has 26 heavy (non-hydrogen) atoms. The third kappa shape index (κ3) is 3.32. The van der Waals surface area contributed by atoms with Crippen LogP contribution >= 0.6 is 0 Å². The molecule has 2 heterocycles. The Balaban J connectivity index is 1.42. The van der Waals surface area contributed by atoms with Crippen molar-refractivity contribution < 1.29 is 0 Å². The number of anilines is 1. The number of aryl methyl sites for hydroxylation is 1. The average molecular weight is 349 g/mol. The highest BCUT2D eigenvalue weighted by Crippen LogP contribution is 2.34. The number of nitrogens with one attached hydrogen (secondary N) is 2. The molecule has 3 fully saturated rings. The van der Waals surface area contributed by atoms with Gasteiger partial charge in [-0.25, -0.2) is 9.97 Å². The molecule has 1 aliphatic heterocycles. The normalized spacial score (nSPS) is 23.7. The lowest BCUT2D eigenvalue weighted by molar-refractivity contribution is 0.470. The summed E-state index contributed by atoms with van der Waals surface area (Å²) in [5.41, 5.74) is 3.74. The molecule has 2 aromatic rings. The molecule has 1 aromatic heterocycles. The van der Waals surface area contributed by atoms with Gasteiger partial charge in [0.15, 0.2) is 0 Å². The van der Waals surface area contributed by atoms with Crippen LogP contribution in [0.5, 0.6) is 0 Å². The van der Waals surface area contributed by atoms with E-state index in [-0.39, 0.29) is 0 Å². The summed E-state index contributed by atoms with van der Waals surface area (Å²) in [6.45, 7) is 4.15. The molecule has 136 valence electrons. The van der Waals surface area contributed by atoms with Crippen LogP contribution in [-0.2, 0) is 0 Å². The van der Waals surface area contributed by atoms with Crippen LogP contribution in [0.25, 0.3) is 10.9 Å². The van der Waals surface area contributed by atoms with Crippen molar-refractivity contribution >= 4 is 22.4 Å². The van der Waals surface area contributed by atoms with Crippen LogP contribution in [0.2, 0.25) is 0 Å². The zero-order valence-corrected chi connectivity index (χ0v) is 15.5. The zero-order valence-electron chi connectivity index (χ0n) is 15.5. The van der Waals surface area contributed by atoms with Crippen molar-refractivity contribution in [3.05, 3.63) is 29.6 Å². The Kier molecular flexibility index (Phi) is 4.12. The summed E-state index contributed by atoms with van der Waals surface area (Å²) in [5.74, 6) is 2.48. The van der Waals surface area contributed by atoms with Gasteiger partial charge < -0.3 is 10.6 Å². The van der Waals surface area contributed by atoms with E-state index in [1.54, 1.807) is 0 Å². The Morgan fingerprint density at radius 3 is 2.58 bits per heavy atom. The first-order chi connectivity index (χ1) is 12.7. The fraction of sp³-hybridized carbons (Fsp3) is 0.571. The second kappa shape index (κ2) is 6.62. The van der Waals surface area contributed by atoms with E-state index in [1.807, 2.05) is 0 Å². The van der Waals surface area contributed by atoms with Gasteiger partial charge in [0.25, 0.3) is 0 Å². The number of aromatic nitrogens is 2. The van der Waals surface area contributed by atoms with Crippen LogP contribution in [0.3, 0.4) is 0 Å². The van der Waals surface area contributed by atoms with Crippen LogP contribution in [0.1, 0.15) is 55.8 Å². The maximum absolute atomic E-state index is 5.00. The quantitative estimate of drug-likeness (QED) is 0.886. The molecule has 1 saturated heterocycles. The third-order valence-corrected chi connectivity index (χ3v) is 5.83. The highest BCUT2D eigenvalue weighted by Gasteiger charge is 2.26. The molecule has 0 bridgehead atoms. The lowest BCUT2D eigenvalue weighted by Crippen LogP contribution is -2.51. The van der Waals surface area contributed by atoms with Crippen LogP contribution in [0.4, 0.5) is 5.82 Å². The number of nitrogens with zero attached hydrogens (tertiary/aromatic N) is 3. The highest BCUT2D eigenvalue weighted by molar-refractivity contribution is 5.90. The van der Waals surface area contributed by atoms with Gasteiger partial charge in [-0.05, 0) is 57.6 Å². The third-order valence-electron chi connectivity index (χ3n) is 5.83. The van der Waals surface area contributed by atoms with Crippen molar-refractivity contribution in [1.82, 2.24) is 15.3 Å². The molecule has 0 amide bonds. The molecule has 2 aliphatic carbocycles. The highest BCUT2D eigenvalue weighted by atomic mass is 15.1. The van der Waals surface area contributed by atoms with Crippen molar-refractivity contribution in [1.29, 1.82) is 0 Å². The first-order valence-electron chi connectivity index (χ1n) is 10.1. The van der Waals surface area contributed by atoms with E-state index < -0.39 is 0 Å². The molecule has 0 radical (unpaired) electrons. The van der Waals surface area contributed by atoms with E-state index >= 15 is 0 Å². The lowest BCUT2D eigenvalue weighted by Gasteiger charge is -2.29. The van der Waals surface area contributed by atoms with Gasteiger partial charge in [-0.1, -0.05) is 11.6 Å². The zero-order chi connectivity index (χ0) is 17.5. The predicted octanol–water partition coefficient (Wildman–Crippen LogP) is 3.58. The summed E-state index contributed by atoms with van der Waals surface area (Å²) in [7, 11) is 0. The lowest BCUT2D eigenvalue weighted by atomic mass is 9.87. The van der Waals surface area contributed by atoms with Crippen molar-refractivity contribution in [3.63, 3.8) is 0 Å². The molecule has 0 unspecified atom stereocenters. The summed E-state index contributed by atoms with van der Waals surface area (Å²) >= 11 is 0.